The van der Waals surface area contributed by atoms with E-state index in [0.717, 1.165) is 37.7 Å². The van der Waals surface area contributed by atoms with E-state index in [0.29, 0.717) is 17.9 Å². The van der Waals surface area contributed by atoms with Crippen LogP contribution in [0.25, 0.3) is 0 Å². The second-order valence-corrected chi connectivity index (χ2v) is 10.8. The van der Waals surface area contributed by atoms with E-state index in [9.17, 15) is 0 Å². The summed E-state index contributed by atoms with van der Waals surface area (Å²) < 4.78 is 0. The van der Waals surface area contributed by atoms with Gasteiger partial charge in [0, 0.05) is 30.7 Å². The number of rotatable bonds is 9. The maximum atomic E-state index is 6.11. The van der Waals surface area contributed by atoms with E-state index >= 15 is 0 Å². The lowest BCUT2D eigenvalue weighted by molar-refractivity contribution is 0.0794. The summed E-state index contributed by atoms with van der Waals surface area (Å²) in [6.07, 6.45) is 7.33. The van der Waals surface area contributed by atoms with Crippen molar-refractivity contribution in [2.24, 2.45) is 11.3 Å². The molecule has 1 saturated heterocycles. The van der Waals surface area contributed by atoms with Crippen molar-refractivity contribution < 1.29 is 0 Å². The van der Waals surface area contributed by atoms with Gasteiger partial charge in [0.2, 0.25) is 0 Å². The Balaban J connectivity index is 1.48. The van der Waals surface area contributed by atoms with Crippen LogP contribution in [0.4, 0.5) is 0 Å². The molecule has 3 rings (SSSR count). The summed E-state index contributed by atoms with van der Waals surface area (Å²) >= 11 is 6.11. The summed E-state index contributed by atoms with van der Waals surface area (Å²) in [6.45, 7) is 16.4. The van der Waals surface area contributed by atoms with Crippen LogP contribution in [0.5, 0.6) is 0 Å². The number of hydrogen-bond donors (Lipinski definition) is 2. The van der Waals surface area contributed by atoms with Crippen molar-refractivity contribution in [3.05, 3.63) is 46.5 Å². The molecule has 0 radical (unpaired) electrons. The van der Waals surface area contributed by atoms with Crippen LogP contribution in [-0.4, -0.2) is 50.2 Å². The van der Waals surface area contributed by atoms with Crippen LogP contribution >= 0.6 is 11.6 Å². The van der Waals surface area contributed by atoms with Crippen LogP contribution in [0.1, 0.15) is 64.9 Å². The van der Waals surface area contributed by atoms with E-state index < -0.39 is 0 Å². The fourth-order valence-corrected chi connectivity index (χ4v) is 5.35. The quantitative estimate of drug-likeness (QED) is 0.401. The van der Waals surface area contributed by atoms with Crippen molar-refractivity contribution >= 4 is 11.6 Å². The van der Waals surface area contributed by atoms with Crippen molar-refractivity contribution in [2.75, 3.05) is 39.3 Å². The van der Waals surface area contributed by atoms with E-state index in [1.807, 2.05) is 12.1 Å². The molecule has 0 saturated carbocycles. The maximum Gasteiger partial charge on any atom is 0.0406 e. The zero-order chi connectivity index (χ0) is 21.6. The van der Waals surface area contributed by atoms with Crippen molar-refractivity contribution in [2.45, 2.75) is 65.3 Å². The average Bonchev–Trinajstić information content (AvgIpc) is 2.71. The number of piperidine rings is 1. The molecule has 2 atom stereocenters. The highest BCUT2D eigenvalue weighted by molar-refractivity contribution is 6.30. The Bertz CT molecular complexity index is 680. The Morgan fingerprint density at radius 3 is 2.63 bits per heavy atom. The lowest BCUT2D eigenvalue weighted by atomic mass is 9.70. The molecule has 1 fully saturated rings. The molecule has 0 bridgehead atoms. The zero-order valence-electron chi connectivity index (χ0n) is 19.5. The van der Waals surface area contributed by atoms with Gasteiger partial charge in [0.25, 0.3) is 0 Å². The molecule has 0 aliphatic carbocycles. The molecule has 4 heteroatoms. The Morgan fingerprint density at radius 1 is 1.23 bits per heavy atom. The van der Waals surface area contributed by atoms with Crippen LogP contribution in [0.2, 0.25) is 5.02 Å². The van der Waals surface area contributed by atoms with Crippen LogP contribution in [-0.2, 0) is 0 Å². The van der Waals surface area contributed by atoms with E-state index in [1.165, 1.54) is 37.8 Å². The van der Waals surface area contributed by atoms with Gasteiger partial charge in [-0.05, 0) is 80.3 Å². The molecule has 0 spiro atoms. The lowest BCUT2D eigenvalue weighted by Gasteiger charge is -2.46. The van der Waals surface area contributed by atoms with Gasteiger partial charge in [-0.2, -0.15) is 0 Å². The summed E-state index contributed by atoms with van der Waals surface area (Å²) in [5.41, 5.74) is 3.35. The van der Waals surface area contributed by atoms with Crippen molar-refractivity contribution in [3.63, 3.8) is 0 Å². The second-order valence-electron chi connectivity index (χ2n) is 10.3. The van der Waals surface area contributed by atoms with Crippen molar-refractivity contribution in [3.8, 4) is 0 Å². The fraction of sp³-hybridized carbons (Fsp3) is 0.692. The third kappa shape index (κ3) is 6.82. The van der Waals surface area contributed by atoms with E-state index in [2.05, 4.69) is 61.4 Å². The number of hydrogen-bond acceptors (Lipinski definition) is 3. The Labute approximate surface area is 189 Å². The predicted octanol–water partition coefficient (Wildman–Crippen LogP) is 5.47. The zero-order valence-corrected chi connectivity index (χ0v) is 20.3. The van der Waals surface area contributed by atoms with Gasteiger partial charge in [-0.15, -0.1) is 0 Å². The average molecular weight is 432 g/mol. The molecule has 0 aromatic heterocycles. The highest BCUT2D eigenvalue weighted by Gasteiger charge is 2.37. The van der Waals surface area contributed by atoms with Gasteiger partial charge in [0.15, 0.2) is 0 Å². The van der Waals surface area contributed by atoms with E-state index in [-0.39, 0.29) is 5.41 Å². The van der Waals surface area contributed by atoms with Crippen LogP contribution in [0.3, 0.4) is 0 Å². The molecule has 3 nitrogen and oxygen atoms in total. The summed E-state index contributed by atoms with van der Waals surface area (Å²) in [5.74, 6) is 1.26. The minimum atomic E-state index is 0.273. The lowest BCUT2D eigenvalue weighted by Crippen LogP contribution is -2.51. The summed E-state index contributed by atoms with van der Waals surface area (Å²) in [7, 11) is 0. The Kier molecular flexibility index (Phi) is 8.82. The number of halogens is 1. The standard InChI is InChI=1S/C26H42ClN3/c1-20(2)25(29-14-5-6-21-11-15-28-16-12-21)18-30-17-13-24(26(3,4)19-30)22-7-9-23(27)10-8-22/h7-11,20,24-25,28-29H,5-6,12-19H2,1-4H3/t24?,25-/m0/s1. The number of likely N-dealkylation sites (tertiary alicyclic amines) is 1. The van der Waals surface area contributed by atoms with Gasteiger partial charge in [-0.1, -0.05) is 63.1 Å². The molecular weight excluding hydrogens is 390 g/mol. The second kappa shape index (κ2) is 11.1. The van der Waals surface area contributed by atoms with Gasteiger partial charge in [-0.25, -0.2) is 0 Å². The first-order valence-electron chi connectivity index (χ1n) is 11.9. The van der Waals surface area contributed by atoms with Gasteiger partial charge in [0.05, 0.1) is 0 Å². The molecule has 1 aromatic rings. The van der Waals surface area contributed by atoms with Gasteiger partial charge >= 0.3 is 0 Å². The first-order chi connectivity index (χ1) is 14.3. The first kappa shape index (κ1) is 23.8. The van der Waals surface area contributed by atoms with Crippen LogP contribution in [0, 0.1) is 11.3 Å². The van der Waals surface area contributed by atoms with Crippen molar-refractivity contribution in [1.29, 1.82) is 0 Å². The van der Waals surface area contributed by atoms with E-state index in [4.69, 9.17) is 11.6 Å². The fourth-order valence-electron chi connectivity index (χ4n) is 5.23. The molecule has 1 unspecified atom stereocenters. The first-order valence-corrected chi connectivity index (χ1v) is 12.3. The Hall–Kier alpha value is -0.870. The third-order valence-corrected chi connectivity index (χ3v) is 7.33. The topological polar surface area (TPSA) is 27.3 Å². The summed E-state index contributed by atoms with van der Waals surface area (Å²) in [6, 6.07) is 9.09. The smallest absolute Gasteiger partial charge is 0.0406 e. The van der Waals surface area contributed by atoms with Crippen molar-refractivity contribution in [1.82, 2.24) is 15.5 Å². The molecular formula is C26H42ClN3. The van der Waals surface area contributed by atoms with Gasteiger partial charge in [-0.3, -0.25) is 0 Å². The molecule has 0 amide bonds. The van der Waals surface area contributed by atoms with Crippen LogP contribution in [0.15, 0.2) is 35.9 Å². The molecule has 168 valence electrons. The monoisotopic (exact) mass is 431 g/mol. The largest absolute Gasteiger partial charge is 0.313 e. The molecule has 2 aliphatic heterocycles. The number of nitrogens with zero attached hydrogens (tertiary/aromatic N) is 1. The molecule has 1 aromatic carbocycles. The molecule has 2 heterocycles. The summed E-state index contributed by atoms with van der Waals surface area (Å²) in [5, 5.41) is 8.12. The molecule has 2 aliphatic rings. The molecule has 2 N–H and O–H groups in total. The number of nitrogens with one attached hydrogen (secondary N) is 2. The van der Waals surface area contributed by atoms with Gasteiger partial charge < -0.3 is 15.5 Å². The predicted molar refractivity (Wildman–Crippen MR) is 130 cm³/mol. The number of benzene rings is 1. The van der Waals surface area contributed by atoms with E-state index in [1.54, 1.807) is 5.57 Å². The minimum Gasteiger partial charge on any atom is -0.313 e. The third-order valence-electron chi connectivity index (χ3n) is 7.08. The normalized spacial score (nSPS) is 23.4. The maximum absolute atomic E-state index is 6.11. The summed E-state index contributed by atoms with van der Waals surface area (Å²) in [4.78, 5) is 2.69. The highest BCUT2D eigenvalue weighted by atomic mass is 35.5. The minimum absolute atomic E-state index is 0.273. The van der Waals surface area contributed by atoms with Crippen LogP contribution < -0.4 is 10.6 Å². The Morgan fingerprint density at radius 2 is 2.00 bits per heavy atom. The molecule has 30 heavy (non-hydrogen) atoms. The SMILES string of the molecule is CC(C)[C@H](CN1CCC(c2ccc(Cl)cc2)C(C)(C)C1)NCCCC1=CCNCC1. The highest BCUT2D eigenvalue weighted by Crippen LogP contribution is 2.42. The van der Waals surface area contributed by atoms with Gasteiger partial charge in [0.1, 0.15) is 0 Å².